The SMILES string of the molecule is Cc1nc(C2CCCN2C(=O)CO)nc2c1CCC(=O)N2CC1CCCCC1. The highest BCUT2D eigenvalue weighted by Gasteiger charge is 2.35. The number of aliphatic hydroxyl groups excluding tert-OH is 1. The molecule has 1 N–H and O–H groups in total. The molecule has 1 atom stereocenters. The number of aromatic nitrogens is 2. The van der Waals surface area contributed by atoms with Gasteiger partial charge in [0.15, 0.2) is 5.82 Å². The van der Waals surface area contributed by atoms with E-state index in [0.29, 0.717) is 31.1 Å². The molecular weight excluding hydrogens is 356 g/mol. The van der Waals surface area contributed by atoms with Crippen LogP contribution in [0.5, 0.6) is 0 Å². The van der Waals surface area contributed by atoms with Gasteiger partial charge in [0.2, 0.25) is 11.8 Å². The van der Waals surface area contributed by atoms with Crippen LogP contribution in [0.2, 0.25) is 0 Å². The Morgan fingerprint density at radius 2 is 1.89 bits per heavy atom. The molecule has 3 aliphatic rings. The second-order valence-electron chi connectivity index (χ2n) is 8.38. The molecule has 1 saturated carbocycles. The Morgan fingerprint density at radius 3 is 2.64 bits per heavy atom. The van der Waals surface area contributed by atoms with Crippen LogP contribution in [0.15, 0.2) is 0 Å². The number of likely N-dealkylation sites (tertiary alicyclic amines) is 1. The first-order chi connectivity index (χ1) is 13.6. The Kier molecular flexibility index (Phi) is 5.62. The van der Waals surface area contributed by atoms with Crippen molar-refractivity contribution in [1.29, 1.82) is 0 Å². The minimum atomic E-state index is -0.493. The molecule has 1 saturated heterocycles. The molecule has 1 unspecified atom stereocenters. The van der Waals surface area contributed by atoms with Crippen LogP contribution in [0.4, 0.5) is 5.82 Å². The Labute approximate surface area is 166 Å². The largest absolute Gasteiger partial charge is 0.387 e. The maximum absolute atomic E-state index is 12.8. The lowest BCUT2D eigenvalue weighted by Gasteiger charge is -2.34. The van der Waals surface area contributed by atoms with Crippen molar-refractivity contribution in [2.24, 2.45) is 5.92 Å². The predicted molar refractivity (Wildman–Crippen MR) is 105 cm³/mol. The van der Waals surface area contributed by atoms with Crippen molar-refractivity contribution in [2.75, 3.05) is 24.6 Å². The molecular formula is C21H30N4O3. The molecule has 3 heterocycles. The van der Waals surface area contributed by atoms with Gasteiger partial charge in [0, 0.05) is 30.8 Å². The van der Waals surface area contributed by atoms with Crippen molar-refractivity contribution in [1.82, 2.24) is 14.9 Å². The number of carbonyl (C=O) groups is 2. The van der Waals surface area contributed by atoms with E-state index in [0.717, 1.165) is 36.5 Å². The number of amides is 2. The van der Waals surface area contributed by atoms with Crippen molar-refractivity contribution in [3.63, 3.8) is 0 Å². The first kappa shape index (κ1) is 19.3. The van der Waals surface area contributed by atoms with Gasteiger partial charge >= 0.3 is 0 Å². The summed E-state index contributed by atoms with van der Waals surface area (Å²) in [4.78, 5) is 38.0. The van der Waals surface area contributed by atoms with Crippen molar-refractivity contribution in [3.05, 3.63) is 17.1 Å². The molecule has 0 aromatic carbocycles. The molecule has 2 amide bonds. The van der Waals surface area contributed by atoms with Crippen LogP contribution in [-0.2, 0) is 16.0 Å². The number of fused-ring (bicyclic) bond motifs is 1. The summed E-state index contributed by atoms with van der Waals surface area (Å²) in [6.45, 7) is 2.85. The number of hydrogen-bond donors (Lipinski definition) is 1. The third kappa shape index (κ3) is 3.64. The summed E-state index contributed by atoms with van der Waals surface area (Å²) >= 11 is 0. The van der Waals surface area contributed by atoms with E-state index in [4.69, 9.17) is 9.97 Å². The molecule has 0 radical (unpaired) electrons. The van der Waals surface area contributed by atoms with Gasteiger partial charge < -0.3 is 10.0 Å². The van der Waals surface area contributed by atoms with E-state index in [2.05, 4.69) is 0 Å². The lowest BCUT2D eigenvalue weighted by atomic mass is 9.88. The smallest absolute Gasteiger partial charge is 0.248 e. The Morgan fingerprint density at radius 1 is 1.11 bits per heavy atom. The lowest BCUT2D eigenvalue weighted by molar-refractivity contribution is -0.135. The van der Waals surface area contributed by atoms with Crippen LogP contribution in [0.3, 0.4) is 0 Å². The van der Waals surface area contributed by atoms with Crippen molar-refractivity contribution >= 4 is 17.6 Å². The molecule has 4 rings (SSSR count). The first-order valence-corrected chi connectivity index (χ1v) is 10.7. The quantitative estimate of drug-likeness (QED) is 0.858. The van der Waals surface area contributed by atoms with Crippen LogP contribution in [0.1, 0.15) is 74.5 Å². The minimum Gasteiger partial charge on any atom is -0.387 e. The monoisotopic (exact) mass is 386 g/mol. The van der Waals surface area contributed by atoms with Gasteiger partial charge in [0.1, 0.15) is 12.4 Å². The van der Waals surface area contributed by atoms with Crippen molar-refractivity contribution in [3.8, 4) is 0 Å². The highest BCUT2D eigenvalue weighted by molar-refractivity contribution is 5.95. The number of nitrogens with zero attached hydrogens (tertiary/aromatic N) is 4. The van der Waals surface area contributed by atoms with Gasteiger partial charge in [-0.1, -0.05) is 19.3 Å². The number of rotatable bonds is 4. The molecule has 1 aliphatic carbocycles. The number of hydrogen-bond acceptors (Lipinski definition) is 5. The fourth-order valence-corrected chi connectivity index (χ4v) is 4.99. The molecule has 1 aromatic rings. The third-order valence-corrected chi connectivity index (χ3v) is 6.53. The number of anilines is 1. The van der Waals surface area contributed by atoms with Gasteiger partial charge in [0.25, 0.3) is 0 Å². The zero-order chi connectivity index (χ0) is 19.7. The summed E-state index contributed by atoms with van der Waals surface area (Å²) < 4.78 is 0. The maximum Gasteiger partial charge on any atom is 0.248 e. The Bertz CT molecular complexity index is 760. The first-order valence-electron chi connectivity index (χ1n) is 10.7. The van der Waals surface area contributed by atoms with Crippen LogP contribution < -0.4 is 4.90 Å². The maximum atomic E-state index is 12.8. The van der Waals surface area contributed by atoms with E-state index in [1.165, 1.54) is 32.1 Å². The van der Waals surface area contributed by atoms with E-state index < -0.39 is 6.61 Å². The van der Waals surface area contributed by atoms with Crippen LogP contribution in [-0.4, -0.2) is 51.5 Å². The van der Waals surface area contributed by atoms with Gasteiger partial charge in [-0.25, -0.2) is 9.97 Å². The lowest BCUT2D eigenvalue weighted by Crippen LogP contribution is -2.41. The molecule has 152 valence electrons. The molecule has 1 aromatic heterocycles. The van der Waals surface area contributed by atoms with E-state index in [-0.39, 0.29) is 17.9 Å². The summed E-state index contributed by atoms with van der Waals surface area (Å²) in [7, 11) is 0. The molecule has 0 bridgehead atoms. The van der Waals surface area contributed by atoms with Gasteiger partial charge in [-0.05, 0) is 44.9 Å². The molecule has 0 spiro atoms. The topological polar surface area (TPSA) is 86.6 Å². The van der Waals surface area contributed by atoms with E-state index in [1.54, 1.807) is 4.90 Å². The minimum absolute atomic E-state index is 0.150. The van der Waals surface area contributed by atoms with Crippen LogP contribution in [0, 0.1) is 12.8 Å². The normalized spacial score (nSPS) is 23.2. The molecule has 2 fully saturated rings. The Balaban J connectivity index is 1.66. The summed E-state index contributed by atoms with van der Waals surface area (Å²) in [6.07, 6.45) is 9.01. The number of carbonyl (C=O) groups excluding carboxylic acids is 2. The molecule has 28 heavy (non-hydrogen) atoms. The van der Waals surface area contributed by atoms with Crippen LogP contribution >= 0.6 is 0 Å². The van der Waals surface area contributed by atoms with Crippen molar-refractivity contribution in [2.45, 2.75) is 70.8 Å². The number of aliphatic hydroxyl groups is 1. The van der Waals surface area contributed by atoms with Gasteiger partial charge in [-0.2, -0.15) is 0 Å². The summed E-state index contributed by atoms with van der Waals surface area (Å²) in [5.74, 6) is 1.78. The fourth-order valence-electron chi connectivity index (χ4n) is 4.99. The summed E-state index contributed by atoms with van der Waals surface area (Å²) in [5, 5.41) is 9.28. The fraction of sp³-hybridized carbons (Fsp3) is 0.714. The highest BCUT2D eigenvalue weighted by atomic mass is 16.3. The zero-order valence-electron chi connectivity index (χ0n) is 16.7. The van der Waals surface area contributed by atoms with E-state index in [9.17, 15) is 14.7 Å². The third-order valence-electron chi connectivity index (χ3n) is 6.53. The zero-order valence-corrected chi connectivity index (χ0v) is 16.7. The number of aryl methyl sites for hydroxylation is 1. The van der Waals surface area contributed by atoms with Crippen molar-refractivity contribution < 1.29 is 14.7 Å². The van der Waals surface area contributed by atoms with Gasteiger partial charge in [0.05, 0.1) is 6.04 Å². The van der Waals surface area contributed by atoms with Gasteiger partial charge in [-0.3, -0.25) is 14.5 Å². The standard InChI is InChI=1S/C21H30N4O3/c1-14-16-9-10-18(27)25(12-15-6-3-2-4-7-15)21(16)23-20(22-14)17-8-5-11-24(17)19(28)13-26/h15,17,26H,2-13H2,1H3. The van der Waals surface area contributed by atoms with E-state index >= 15 is 0 Å². The molecule has 2 aliphatic heterocycles. The summed E-state index contributed by atoms with van der Waals surface area (Å²) in [6, 6.07) is -0.211. The Hall–Kier alpha value is -2.02. The second kappa shape index (κ2) is 8.15. The van der Waals surface area contributed by atoms with Crippen LogP contribution in [0.25, 0.3) is 0 Å². The predicted octanol–water partition coefficient (Wildman–Crippen LogP) is 2.30. The molecule has 7 heteroatoms. The average molecular weight is 386 g/mol. The van der Waals surface area contributed by atoms with E-state index in [1.807, 2.05) is 11.8 Å². The molecule has 7 nitrogen and oxygen atoms in total. The highest BCUT2D eigenvalue weighted by Crippen LogP contribution is 2.35. The second-order valence-corrected chi connectivity index (χ2v) is 8.38. The summed E-state index contributed by atoms with van der Waals surface area (Å²) in [5.41, 5.74) is 1.97. The average Bonchev–Trinajstić information content (AvgIpc) is 3.20. The van der Waals surface area contributed by atoms with Gasteiger partial charge in [-0.15, -0.1) is 0 Å².